The lowest BCUT2D eigenvalue weighted by Gasteiger charge is -2.00. The van der Waals surface area contributed by atoms with Crippen molar-refractivity contribution in [2.45, 2.75) is 0 Å². The highest BCUT2D eigenvalue weighted by Gasteiger charge is 2.04. The monoisotopic (exact) mass is 365 g/mol. The molecule has 0 aliphatic heterocycles. The summed E-state index contributed by atoms with van der Waals surface area (Å²) in [4.78, 5) is 15.3. The first-order chi connectivity index (χ1) is 13.7. The van der Waals surface area contributed by atoms with E-state index in [-0.39, 0.29) is 5.91 Å². The van der Waals surface area contributed by atoms with Crippen molar-refractivity contribution in [2.24, 2.45) is 5.84 Å². The van der Waals surface area contributed by atoms with Gasteiger partial charge in [-0.3, -0.25) is 10.2 Å². The third kappa shape index (κ3) is 3.68. The molecule has 0 aliphatic rings. The number of para-hydroxylation sites is 1. The molecule has 0 unspecified atom stereocenters. The van der Waals surface area contributed by atoms with E-state index in [4.69, 9.17) is 5.84 Å². The van der Waals surface area contributed by atoms with Gasteiger partial charge in [-0.1, -0.05) is 72.8 Å². The molecule has 1 amide bonds. The Morgan fingerprint density at radius 1 is 0.643 bits per heavy atom. The Balaban J connectivity index is 0.000000137. The van der Waals surface area contributed by atoms with E-state index in [2.05, 4.69) is 65.6 Å². The zero-order valence-corrected chi connectivity index (χ0v) is 15.2. The van der Waals surface area contributed by atoms with Gasteiger partial charge in [0, 0.05) is 5.39 Å². The maximum Gasteiger partial charge on any atom is 0.283 e. The molecule has 4 aromatic carbocycles. The molecule has 0 atom stereocenters. The lowest BCUT2D eigenvalue weighted by molar-refractivity contribution is 0.0949. The summed E-state index contributed by atoms with van der Waals surface area (Å²) < 4.78 is 0. The Morgan fingerprint density at radius 3 is 1.61 bits per heavy atom. The molecule has 1 heterocycles. The minimum Gasteiger partial charge on any atom is -0.289 e. The summed E-state index contributed by atoms with van der Waals surface area (Å²) in [6.07, 6.45) is 0. The van der Waals surface area contributed by atoms with Crippen LogP contribution in [0.2, 0.25) is 0 Å². The van der Waals surface area contributed by atoms with Crippen LogP contribution in [-0.2, 0) is 0 Å². The number of fused-ring (bicyclic) bond motifs is 3. The average molecular weight is 365 g/mol. The van der Waals surface area contributed by atoms with Crippen LogP contribution in [0.1, 0.15) is 10.5 Å². The van der Waals surface area contributed by atoms with Gasteiger partial charge in [-0.15, -0.1) is 0 Å². The van der Waals surface area contributed by atoms with Gasteiger partial charge < -0.3 is 0 Å². The number of nitrogens with zero attached hydrogens (tertiary/aromatic N) is 1. The number of nitrogens with two attached hydrogens (primary N) is 1. The van der Waals surface area contributed by atoms with E-state index < -0.39 is 0 Å². The summed E-state index contributed by atoms with van der Waals surface area (Å²) in [7, 11) is 0. The summed E-state index contributed by atoms with van der Waals surface area (Å²) >= 11 is 0. The molecule has 0 saturated carbocycles. The topological polar surface area (TPSA) is 68.0 Å². The van der Waals surface area contributed by atoms with Crippen LogP contribution in [0, 0.1) is 0 Å². The van der Waals surface area contributed by atoms with Crippen molar-refractivity contribution in [3.8, 4) is 0 Å². The molecule has 5 aromatic rings. The van der Waals surface area contributed by atoms with Gasteiger partial charge in [0.2, 0.25) is 0 Å². The Labute approximate surface area is 162 Å². The van der Waals surface area contributed by atoms with E-state index in [1.807, 2.05) is 35.8 Å². The molecule has 28 heavy (non-hydrogen) atoms. The number of hydrogen-bond donors (Lipinski definition) is 2. The van der Waals surface area contributed by atoms with Crippen LogP contribution >= 0.6 is 0 Å². The van der Waals surface area contributed by atoms with Gasteiger partial charge >= 0.3 is 0 Å². The predicted octanol–water partition coefficient (Wildman–Crippen LogP) is 4.83. The number of hydrogen-bond acceptors (Lipinski definition) is 3. The summed E-state index contributed by atoms with van der Waals surface area (Å²) in [6, 6.07) is 32.5. The van der Waals surface area contributed by atoms with Crippen molar-refractivity contribution in [3.63, 3.8) is 0 Å². The molecule has 0 fully saturated rings. The van der Waals surface area contributed by atoms with E-state index in [0.717, 1.165) is 10.9 Å². The molecule has 0 radical (unpaired) electrons. The van der Waals surface area contributed by atoms with Gasteiger partial charge in [-0.2, -0.15) is 0 Å². The zero-order chi connectivity index (χ0) is 19.3. The minimum absolute atomic E-state index is 0.325. The lowest BCUT2D eigenvalue weighted by atomic mass is 10.0. The maximum absolute atomic E-state index is 11.2. The van der Waals surface area contributed by atoms with Crippen LogP contribution in [0.3, 0.4) is 0 Å². The fourth-order valence-electron chi connectivity index (χ4n) is 3.15. The van der Waals surface area contributed by atoms with Gasteiger partial charge in [0.1, 0.15) is 5.69 Å². The number of benzene rings is 4. The van der Waals surface area contributed by atoms with Gasteiger partial charge in [0.15, 0.2) is 0 Å². The summed E-state index contributed by atoms with van der Waals surface area (Å²) in [6.45, 7) is 0. The first-order valence-electron chi connectivity index (χ1n) is 8.99. The molecule has 4 heteroatoms. The molecule has 3 N–H and O–H groups in total. The summed E-state index contributed by atoms with van der Waals surface area (Å²) in [5, 5.41) is 6.25. The van der Waals surface area contributed by atoms with Crippen molar-refractivity contribution in [3.05, 3.63) is 103 Å². The number of carbonyl (C=O) groups is 1. The molecule has 4 nitrogen and oxygen atoms in total. The van der Waals surface area contributed by atoms with Gasteiger partial charge in [0.25, 0.3) is 5.91 Å². The van der Waals surface area contributed by atoms with Gasteiger partial charge in [-0.05, 0) is 45.8 Å². The summed E-state index contributed by atoms with van der Waals surface area (Å²) in [5.41, 5.74) is 3.16. The van der Waals surface area contributed by atoms with Crippen molar-refractivity contribution >= 4 is 38.4 Å². The average Bonchev–Trinajstić information content (AvgIpc) is 2.77. The number of amides is 1. The number of hydrazine groups is 1. The SMILES string of the molecule is NNC(=O)c1ccc2ccccc2n1.c1ccc2cc3ccccc3cc2c1. The molecule has 0 saturated heterocycles. The van der Waals surface area contributed by atoms with E-state index in [0.29, 0.717) is 5.69 Å². The number of nitrogens with one attached hydrogen (secondary N) is 1. The van der Waals surface area contributed by atoms with Crippen molar-refractivity contribution in [2.75, 3.05) is 0 Å². The number of nitrogen functional groups attached to an aromatic ring is 1. The molecular weight excluding hydrogens is 346 g/mol. The van der Waals surface area contributed by atoms with Crippen LogP contribution in [0.15, 0.2) is 97.1 Å². The Kier molecular flexibility index (Phi) is 4.95. The van der Waals surface area contributed by atoms with E-state index in [1.54, 1.807) is 6.07 Å². The van der Waals surface area contributed by atoms with Crippen LogP contribution < -0.4 is 11.3 Å². The van der Waals surface area contributed by atoms with Crippen molar-refractivity contribution in [1.82, 2.24) is 10.4 Å². The lowest BCUT2D eigenvalue weighted by Crippen LogP contribution is -2.30. The van der Waals surface area contributed by atoms with Gasteiger partial charge in [-0.25, -0.2) is 10.8 Å². The fraction of sp³-hybridized carbons (Fsp3) is 0. The molecule has 1 aromatic heterocycles. The van der Waals surface area contributed by atoms with E-state index in [9.17, 15) is 4.79 Å². The third-order valence-electron chi connectivity index (χ3n) is 4.58. The minimum atomic E-state index is -0.379. The second-order valence-corrected chi connectivity index (χ2v) is 6.41. The van der Waals surface area contributed by atoms with Crippen LogP contribution in [0.4, 0.5) is 0 Å². The highest BCUT2D eigenvalue weighted by molar-refractivity contribution is 5.98. The number of carbonyl (C=O) groups excluding carboxylic acids is 1. The van der Waals surface area contributed by atoms with E-state index >= 15 is 0 Å². The number of pyridine rings is 1. The van der Waals surface area contributed by atoms with Crippen molar-refractivity contribution < 1.29 is 4.79 Å². The quantitative estimate of drug-likeness (QED) is 0.193. The number of aromatic nitrogens is 1. The third-order valence-corrected chi connectivity index (χ3v) is 4.58. The smallest absolute Gasteiger partial charge is 0.283 e. The molecule has 0 bridgehead atoms. The molecule has 0 aliphatic carbocycles. The maximum atomic E-state index is 11.2. The second kappa shape index (κ2) is 7.86. The first kappa shape index (κ1) is 17.6. The molecule has 5 rings (SSSR count). The summed E-state index contributed by atoms with van der Waals surface area (Å²) in [5.74, 6) is 4.63. The Bertz CT molecular complexity index is 1180. The largest absolute Gasteiger partial charge is 0.289 e. The predicted molar refractivity (Wildman–Crippen MR) is 115 cm³/mol. The normalized spacial score (nSPS) is 10.5. The van der Waals surface area contributed by atoms with Crippen LogP contribution in [-0.4, -0.2) is 10.9 Å². The Morgan fingerprint density at radius 2 is 1.11 bits per heavy atom. The Hall–Kier alpha value is -3.76. The first-order valence-corrected chi connectivity index (χ1v) is 8.99. The number of rotatable bonds is 1. The standard InChI is InChI=1S/C14H10.C10H9N3O/c1-2-6-12-10-14-8-4-3-7-13(14)9-11(12)5-1;11-13-10(14)9-6-5-7-3-1-2-4-8(7)12-9/h1-10H;1-6H,11H2,(H,13,14). The molecule has 136 valence electrons. The van der Waals surface area contributed by atoms with Crippen molar-refractivity contribution in [1.29, 1.82) is 0 Å². The molecular formula is C24H19N3O. The van der Waals surface area contributed by atoms with Gasteiger partial charge in [0.05, 0.1) is 5.52 Å². The highest BCUT2D eigenvalue weighted by atomic mass is 16.2. The second-order valence-electron chi connectivity index (χ2n) is 6.41. The molecule has 0 spiro atoms. The van der Waals surface area contributed by atoms with Crippen LogP contribution in [0.5, 0.6) is 0 Å². The zero-order valence-electron chi connectivity index (χ0n) is 15.2. The fourth-order valence-corrected chi connectivity index (χ4v) is 3.15. The van der Waals surface area contributed by atoms with E-state index in [1.165, 1.54) is 21.5 Å². The van der Waals surface area contributed by atoms with Crippen LogP contribution in [0.25, 0.3) is 32.4 Å². The highest BCUT2D eigenvalue weighted by Crippen LogP contribution is 2.22.